The van der Waals surface area contributed by atoms with Crippen LogP contribution < -0.4 is 18.9 Å². The number of esters is 2. The predicted octanol–water partition coefficient (Wildman–Crippen LogP) is 7.57. The van der Waals surface area contributed by atoms with E-state index in [0.29, 0.717) is 44.9 Å². The Hall–Kier alpha value is -4.34. The largest absolute Gasteiger partial charge is 0.487 e. The van der Waals surface area contributed by atoms with Crippen LogP contribution in [0.3, 0.4) is 0 Å². The summed E-state index contributed by atoms with van der Waals surface area (Å²) in [7, 11) is 2.50. The summed E-state index contributed by atoms with van der Waals surface area (Å²) >= 11 is 0. The lowest BCUT2D eigenvalue weighted by Gasteiger charge is -2.17. The summed E-state index contributed by atoms with van der Waals surface area (Å²) in [5, 5.41) is 0.952. The molecule has 2 aromatic carbocycles. The van der Waals surface area contributed by atoms with Gasteiger partial charge in [0.2, 0.25) is 11.5 Å². The monoisotopic (exact) mass is 582 g/mol. The molecule has 10 nitrogen and oxygen atoms in total. The standard InChI is InChI=1S/C32H38O10/c1-15(2)37-23-11-19-21(13-25(23)39-17(5)6)41-29(31(33)35-9)27(19)28-20-12-24(38-16(3)4)26(40-18(7)8)14-22(20)42-30(28)32(34)36-10/h11-18H,1-10H3. The van der Waals surface area contributed by atoms with Gasteiger partial charge in [-0.2, -0.15) is 0 Å². The van der Waals surface area contributed by atoms with E-state index in [-0.39, 0.29) is 47.1 Å². The molecule has 0 N–H and O–H groups in total. The molecule has 2 heterocycles. The van der Waals surface area contributed by atoms with Gasteiger partial charge in [-0.1, -0.05) is 0 Å². The first-order valence-corrected chi connectivity index (χ1v) is 13.9. The van der Waals surface area contributed by atoms with E-state index in [0.717, 1.165) is 0 Å². The van der Waals surface area contributed by atoms with E-state index < -0.39 is 11.9 Å². The van der Waals surface area contributed by atoms with Crippen LogP contribution in [0.25, 0.3) is 33.1 Å². The number of rotatable bonds is 11. The fourth-order valence-corrected chi connectivity index (χ4v) is 4.56. The molecule has 0 saturated carbocycles. The van der Waals surface area contributed by atoms with Crippen molar-refractivity contribution < 1.29 is 46.8 Å². The van der Waals surface area contributed by atoms with E-state index in [4.69, 9.17) is 37.3 Å². The average molecular weight is 583 g/mol. The second-order valence-corrected chi connectivity index (χ2v) is 10.9. The molecule has 42 heavy (non-hydrogen) atoms. The van der Waals surface area contributed by atoms with Crippen molar-refractivity contribution in [1.29, 1.82) is 0 Å². The molecule has 4 rings (SSSR count). The number of carbonyl (C=O) groups is 2. The average Bonchev–Trinajstić information content (AvgIpc) is 3.44. The van der Waals surface area contributed by atoms with Crippen LogP contribution in [0.1, 0.15) is 76.5 Å². The number of hydrogen-bond acceptors (Lipinski definition) is 10. The number of ether oxygens (including phenoxy) is 6. The maximum atomic E-state index is 13.1. The molecule has 0 atom stereocenters. The van der Waals surface area contributed by atoms with Gasteiger partial charge in [0.1, 0.15) is 11.2 Å². The zero-order valence-electron chi connectivity index (χ0n) is 25.7. The lowest BCUT2D eigenvalue weighted by molar-refractivity contribution is 0.0557. The van der Waals surface area contributed by atoms with Crippen molar-refractivity contribution in [3.63, 3.8) is 0 Å². The zero-order chi connectivity index (χ0) is 30.9. The lowest BCUT2D eigenvalue weighted by Crippen LogP contribution is -2.10. The summed E-state index contributed by atoms with van der Waals surface area (Å²) < 4.78 is 46.5. The number of carbonyl (C=O) groups excluding carboxylic acids is 2. The maximum Gasteiger partial charge on any atom is 0.374 e. The van der Waals surface area contributed by atoms with Gasteiger partial charge in [-0.3, -0.25) is 0 Å². The third-order valence-electron chi connectivity index (χ3n) is 5.95. The van der Waals surface area contributed by atoms with Crippen LogP contribution in [0, 0.1) is 0 Å². The van der Waals surface area contributed by atoms with Gasteiger partial charge >= 0.3 is 11.9 Å². The normalized spacial score (nSPS) is 11.7. The Balaban J connectivity index is 2.15. The minimum atomic E-state index is -0.748. The number of furan rings is 2. The molecule has 0 radical (unpaired) electrons. The van der Waals surface area contributed by atoms with Gasteiger partial charge < -0.3 is 37.3 Å². The fraction of sp³-hybridized carbons (Fsp3) is 0.438. The molecule has 0 fully saturated rings. The molecular weight excluding hydrogens is 544 g/mol. The summed E-state index contributed by atoms with van der Waals surface area (Å²) in [5.41, 5.74) is 1.18. The molecule has 0 aliphatic heterocycles. The van der Waals surface area contributed by atoms with Gasteiger partial charge in [0.25, 0.3) is 0 Å². The van der Waals surface area contributed by atoms with Crippen molar-refractivity contribution in [1.82, 2.24) is 0 Å². The first-order chi connectivity index (χ1) is 19.8. The molecule has 2 aromatic heterocycles. The van der Waals surface area contributed by atoms with E-state index >= 15 is 0 Å². The Kier molecular flexibility index (Phi) is 8.94. The van der Waals surface area contributed by atoms with Crippen LogP contribution in [-0.4, -0.2) is 50.6 Å². The van der Waals surface area contributed by atoms with E-state index in [9.17, 15) is 9.59 Å². The molecule has 0 unspecified atom stereocenters. The molecule has 0 aliphatic rings. The molecule has 0 bridgehead atoms. The number of hydrogen-bond donors (Lipinski definition) is 0. The summed E-state index contributed by atoms with van der Waals surface area (Å²) in [4.78, 5) is 26.3. The minimum absolute atomic E-state index is 0.133. The van der Waals surface area contributed by atoms with Crippen LogP contribution >= 0.6 is 0 Å². The Morgan fingerprint density at radius 2 is 0.810 bits per heavy atom. The summed E-state index contributed by atoms with van der Waals surface area (Å²) in [6.45, 7) is 15.2. The quantitative estimate of drug-likeness (QED) is 0.164. The zero-order valence-corrected chi connectivity index (χ0v) is 25.7. The highest BCUT2D eigenvalue weighted by molar-refractivity contribution is 6.16. The molecule has 4 aromatic rings. The first-order valence-electron chi connectivity index (χ1n) is 13.9. The van der Waals surface area contributed by atoms with Crippen LogP contribution in [-0.2, 0) is 9.47 Å². The van der Waals surface area contributed by atoms with Gasteiger partial charge in [0.05, 0.1) is 38.6 Å². The predicted molar refractivity (Wildman–Crippen MR) is 157 cm³/mol. The first kappa shape index (κ1) is 30.6. The Morgan fingerprint density at radius 3 is 1.07 bits per heavy atom. The fourth-order valence-electron chi connectivity index (χ4n) is 4.56. The highest BCUT2D eigenvalue weighted by atomic mass is 16.5. The van der Waals surface area contributed by atoms with Gasteiger partial charge in [-0.15, -0.1) is 0 Å². The van der Waals surface area contributed by atoms with Gasteiger partial charge in [-0.25, -0.2) is 9.59 Å². The van der Waals surface area contributed by atoms with Crippen molar-refractivity contribution in [2.24, 2.45) is 0 Å². The molecule has 0 spiro atoms. The summed E-state index contributed by atoms with van der Waals surface area (Å²) in [6.07, 6.45) is -0.667. The van der Waals surface area contributed by atoms with Gasteiger partial charge in [0, 0.05) is 34.0 Å². The Labute approximate surface area is 244 Å². The van der Waals surface area contributed by atoms with Crippen LogP contribution in [0.4, 0.5) is 0 Å². The van der Waals surface area contributed by atoms with E-state index in [1.54, 1.807) is 24.3 Å². The smallest absolute Gasteiger partial charge is 0.374 e. The summed E-state index contributed by atoms with van der Waals surface area (Å²) in [5.74, 6) is -0.00258. The molecule has 0 amide bonds. The lowest BCUT2D eigenvalue weighted by atomic mass is 9.97. The van der Waals surface area contributed by atoms with Gasteiger partial charge in [0.15, 0.2) is 23.0 Å². The van der Waals surface area contributed by atoms with Crippen LogP contribution in [0.15, 0.2) is 33.1 Å². The minimum Gasteiger partial charge on any atom is -0.487 e. The Morgan fingerprint density at radius 1 is 0.524 bits per heavy atom. The van der Waals surface area contributed by atoms with Crippen molar-refractivity contribution in [3.05, 3.63) is 35.8 Å². The molecule has 226 valence electrons. The second kappa shape index (κ2) is 12.3. The summed E-state index contributed by atoms with van der Waals surface area (Å²) in [6, 6.07) is 6.76. The Bertz CT molecular complexity index is 1480. The molecule has 10 heteroatoms. The molecule has 0 saturated heterocycles. The van der Waals surface area contributed by atoms with E-state index in [2.05, 4.69) is 0 Å². The number of methoxy groups -OCH3 is 2. The number of benzene rings is 2. The van der Waals surface area contributed by atoms with Gasteiger partial charge in [-0.05, 0) is 67.5 Å². The SMILES string of the molecule is COC(=O)c1oc2cc(OC(C)C)c(OC(C)C)cc2c1-c1c(C(=O)OC)oc2cc(OC(C)C)c(OC(C)C)cc12. The maximum absolute atomic E-state index is 13.1. The van der Waals surface area contributed by atoms with E-state index in [1.807, 2.05) is 55.4 Å². The van der Waals surface area contributed by atoms with Crippen molar-refractivity contribution in [3.8, 4) is 34.1 Å². The third kappa shape index (κ3) is 6.12. The highest BCUT2D eigenvalue weighted by Gasteiger charge is 2.33. The van der Waals surface area contributed by atoms with Crippen molar-refractivity contribution in [2.45, 2.75) is 79.8 Å². The second-order valence-electron chi connectivity index (χ2n) is 10.9. The van der Waals surface area contributed by atoms with Crippen LogP contribution in [0.2, 0.25) is 0 Å². The van der Waals surface area contributed by atoms with Crippen LogP contribution in [0.5, 0.6) is 23.0 Å². The third-order valence-corrected chi connectivity index (χ3v) is 5.95. The molecular formula is C32H38O10. The number of fused-ring (bicyclic) bond motifs is 2. The molecule has 0 aliphatic carbocycles. The van der Waals surface area contributed by atoms with Crippen molar-refractivity contribution in [2.75, 3.05) is 14.2 Å². The van der Waals surface area contributed by atoms with E-state index in [1.165, 1.54) is 14.2 Å². The highest BCUT2D eigenvalue weighted by Crippen LogP contribution is 2.48. The topological polar surface area (TPSA) is 116 Å². The van der Waals surface area contributed by atoms with Crippen molar-refractivity contribution >= 4 is 33.9 Å².